The molecule has 0 radical (unpaired) electrons. The number of carbonyl (C=O) groups is 3. The molecule has 2 aliphatic carbocycles. The van der Waals surface area contributed by atoms with Gasteiger partial charge in [-0.25, -0.2) is 35.5 Å². The third kappa shape index (κ3) is 15.2. The van der Waals surface area contributed by atoms with E-state index in [9.17, 15) is 44.5 Å². The quantitative estimate of drug-likeness (QED) is 0.0335. The summed E-state index contributed by atoms with van der Waals surface area (Å²) < 4.78 is 205. The number of sulfonamides is 1. The van der Waals surface area contributed by atoms with E-state index >= 15 is 27.2 Å². The molecule has 0 saturated heterocycles. The Bertz CT molecular complexity index is 4370. The van der Waals surface area contributed by atoms with Crippen molar-refractivity contribution < 1.29 is 89.9 Å². The van der Waals surface area contributed by atoms with Gasteiger partial charge in [-0.1, -0.05) is 31.5 Å². The van der Waals surface area contributed by atoms with Crippen molar-refractivity contribution in [3.05, 3.63) is 127 Å². The van der Waals surface area contributed by atoms with Crippen LogP contribution in [0.25, 0.3) is 27.6 Å². The molecule has 1 fully saturated rings. The number of alkyl halides is 7. The molecule has 2 aliphatic rings. The standard InChI is InChI=1S/C61H66ClF9N9O12PS/c1-29(2)90-93(85,91-30(3)4)92-42-20-31(5)19-33(24-46(83)89-58(6,7)8)49(42)59(9,10)27-45(82)80(94(12,86)87)56-48-39(62)14-15-41(51(48)77(11)76-56)79-55(74-54-36(57(79)84)13-16-44(73-54)88-18-17-60(67,68)69)40(23-32-21-34(63)25-35(64)22-32)72-43(81)28-78-52-47(50(75-78)53(65)66)37-26-38(37)61(52,70)71/h13-16,19-22,25,29-30,37-38,40,53H,17-18,23-24,26-28H2,1-12H3,(H,72,81)/t37-,38+,40-/m0/s1. The van der Waals surface area contributed by atoms with E-state index < -0.39 is 197 Å². The lowest BCUT2D eigenvalue weighted by Crippen LogP contribution is -2.40. The monoisotopic (exact) mass is 1390 g/mol. The lowest BCUT2D eigenvalue weighted by atomic mass is 9.77. The number of carbonyl (C=O) groups excluding carboxylic acids is 3. The van der Waals surface area contributed by atoms with E-state index in [0.717, 1.165) is 39.6 Å². The minimum absolute atomic E-state index is 0.0746. The average Bonchev–Trinajstić information content (AvgIpc) is 1.52. The summed E-state index contributed by atoms with van der Waals surface area (Å²) in [6.45, 7) is 13.8. The fourth-order valence-corrected chi connectivity index (χ4v) is 14.4. The molecule has 3 atom stereocenters. The number of anilines is 1. The fraction of sp³-hybridized carbons (Fsp3) is 0.475. The van der Waals surface area contributed by atoms with Gasteiger partial charge in [-0.2, -0.15) is 41.4 Å². The van der Waals surface area contributed by atoms with E-state index in [0.29, 0.717) is 26.9 Å². The van der Waals surface area contributed by atoms with E-state index in [1.807, 2.05) is 0 Å². The second-order valence-electron chi connectivity index (χ2n) is 25.3. The first-order chi connectivity index (χ1) is 43.4. The molecule has 94 heavy (non-hydrogen) atoms. The summed E-state index contributed by atoms with van der Waals surface area (Å²) >= 11 is 7.02. The zero-order chi connectivity index (χ0) is 69.4. The number of fused-ring (bicyclic) bond motifs is 5. The van der Waals surface area contributed by atoms with Crippen molar-refractivity contribution in [2.75, 3.05) is 17.2 Å². The van der Waals surface area contributed by atoms with Crippen LogP contribution < -0.4 is 24.4 Å². The Balaban J connectivity index is 1.22. The van der Waals surface area contributed by atoms with Crippen LogP contribution in [0.4, 0.5) is 45.3 Å². The lowest BCUT2D eigenvalue weighted by molar-refractivity contribution is -0.154. The number of halogens is 10. The fourth-order valence-electron chi connectivity index (χ4n) is 11.7. The van der Waals surface area contributed by atoms with Crippen molar-refractivity contribution in [1.82, 2.24) is 39.4 Å². The number of hydrogen-bond acceptors (Lipinski definition) is 16. The largest absolute Gasteiger partial charge is 0.530 e. The van der Waals surface area contributed by atoms with Crippen LogP contribution >= 0.6 is 19.4 Å². The van der Waals surface area contributed by atoms with Gasteiger partial charge >= 0.3 is 20.0 Å². The molecule has 1 saturated carbocycles. The molecule has 0 spiro atoms. The first kappa shape index (κ1) is 70.7. The average molecular weight is 1390 g/mol. The van der Waals surface area contributed by atoms with E-state index in [1.165, 1.54) is 33.0 Å². The van der Waals surface area contributed by atoms with Gasteiger partial charge in [-0.15, -0.1) is 0 Å². The van der Waals surface area contributed by atoms with Crippen LogP contribution in [0, 0.1) is 24.5 Å². The highest BCUT2D eigenvalue weighted by Gasteiger charge is 2.67. The predicted octanol–water partition coefficient (Wildman–Crippen LogP) is 12.6. The van der Waals surface area contributed by atoms with Gasteiger partial charge in [-0.05, 0) is 121 Å². The van der Waals surface area contributed by atoms with Crippen LogP contribution in [0.15, 0.2) is 59.4 Å². The molecular formula is C61H66ClF9N9O12PS. The SMILES string of the molecule is Cc1cc(CC(=O)OC(C)(C)C)c(C(C)(C)CC(=O)N(c2nn(C)c3c(-n4c([C@H](Cc5cc(F)cc(F)c5)NC(=O)Cn5nc(C(F)F)c6c5C(F)(F)[C@@H]5C[C@H]65)nc5nc(OCCC(F)(F)F)ccc5c4=O)ccc(Cl)c23)S(C)(=O)=O)c(OP(=O)(OC(C)C)OC(C)C)c1. The van der Waals surface area contributed by atoms with E-state index in [1.54, 1.807) is 61.5 Å². The number of phosphoric acid groups is 1. The molecule has 0 unspecified atom stereocenters. The minimum Gasteiger partial charge on any atom is -0.477 e. The number of pyridine rings is 1. The maximum absolute atomic E-state index is 15.8. The molecule has 508 valence electrons. The maximum Gasteiger partial charge on any atom is 0.530 e. The van der Waals surface area contributed by atoms with Crippen molar-refractivity contribution in [1.29, 1.82) is 0 Å². The summed E-state index contributed by atoms with van der Waals surface area (Å²) in [5, 5.41) is 9.67. The maximum atomic E-state index is 15.8. The van der Waals surface area contributed by atoms with Crippen molar-refractivity contribution >= 4 is 75.0 Å². The Labute approximate surface area is 537 Å². The number of rotatable bonds is 24. The van der Waals surface area contributed by atoms with Crippen LogP contribution in [0.5, 0.6) is 11.6 Å². The second kappa shape index (κ2) is 25.9. The molecule has 21 nitrogen and oxygen atoms in total. The van der Waals surface area contributed by atoms with Crippen LogP contribution in [0.3, 0.4) is 0 Å². The molecule has 0 bridgehead atoms. The number of phosphoric ester groups is 1. The van der Waals surface area contributed by atoms with Gasteiger partial charge in [0.25, 0.3) is 17.9 Å². The van der Waals surface area contributed by atoms with E-state index in [-0.39, 0.29) is 50.5 Å². The number of aryl methyl sites for hydroxylation is 2. The highest BCUT2D eigenvalue weighted by Crippen LogP contribution is 2.68. The highest BCUT2D eigenvalue weighted by molar-refractivity contribution is 7.92. The first-order valence-electron chi connectivity index (χ1n) is 29.3. The number of benzene rings is 3. The first-order valence-corrected chi connectivity index (χ1v) is 33.0. The molecule has 9 rings (SSSR count). The number of amides is 2. The van der Waals surface area contributed by atoms with E-state index in [4.69, 9.17) is 34.6 Å². The summed E-state index contributed by atoms with van der Waals surface area (Å²) in [7, 11) is -8.14. The van der Waals surface area contributed by atoms with Gasteiger partial charge < -0.3 is 19.3 Å². The molecule has 0 aliphatic heterocycles. The van der Waals surface area contributed by atoms with Gasteiger partial charge in [0.2, 0.25) is 27.7 Å². The number of nitrogens with zero attached hydrogens (tertiary/aromatic N) is 8. The highest BCUT2D eigenvalue weighted by atomic mass is 35.5. The van der Waals surface area contributed by atoms with Gasteiger partial charge in [-0.3, -0.25) is 42.2 Å². The number of ether oxygens (including phenoxy) is 2. The summed E-state index contributed by atoms with van der Waals surface area (Å²) in [5.74, 6) is -13.4. The van der Waals surface area contributed by atoms with Gasteiger partial charge in [0, 0.05) is 54.5 Å². The van der Waals surface area contributed by atoms with Gasteiger partial charge in [0.05, 0.1) is 71.0 Å². The van der Waals surface area contributed by atoms with Crippen molar-refractivity contribution in [2.24, 2.45) is 13.0 Å². The minimum atomic E-state index is -4.85. The second-order valence-corrected chi connectivity index (χ2v) is 29.0. The Morgan fingerprint density at radius 2 is 1.57 bits per heavy atom. The van der Waals surface area contributed by atoms with E-state index in [2.05, 4.69) is 25.5 Å². The molecule has 7 aromatic rings. The topological polar surface area (TPSA) is 247 Å². The zero-order valence-electron chi connectivity index (χ0n) is 52.7. The third-order valence-corrected chi connectivity index (χ3v) is 18.1. The summed E-state index contributed by atoms with van der Waals surface area (Å²) in [6, 6.07) is 7.84. The van der Waals surface area contributed by atoms with Crippen LogP contribution in [0.2, 0.25) is 5.02 Å². The molecule has 3 aromatic carbocycles. The Morgan fingerprint density at radius 3 is 2.17 bits per heavy atom. The predicted molar refractivity (Wildman–Crippen MR) is 325 cm³/mol. The molecule has 4 heterocycles. The molecular weight excluding hydrogens is 1320 g/mol. The Morgan fingerprint density at radius 1 is 0.926 bits per heavy atom. The van der Waals surface area contributed by atoms with Crippen molar-refractivity contribution in [3.8, 4) is 17.3 Å². The summed E-state index contributed by atoms with van der Waals surface area (Å²) in [4.78, 5) is 67.8. The number of esters is 1. The van der Waals surface area contributed by atoms with Gasteiger partial charge in [0.15, 0.2) is 11.5 Å². The smallest absolute Gasteiger partial charge is 0.477 e. The molecule has 33 heteroatoms. The normalized spacial score (nSPS) is 16.1. The van der Waals surface area contributed by atoms with Crippen molar-refractivity contribution in [2.45, 2.75) is 162 Å². The summed E-state index contributed by atoms with van der Waals surface area (Å²) in [6.07, 6.45) is -12.3. The third-order valence-electron chi connectivity index (χ3n) is 15.0. The number of aromatic nitrogens is 7. The molecule has 4 aromatic heterocycles. The molecule has 1 N–H and O–H groups in total. The van der Waals surface area contributed by atoms with Gasteiger partial charge in [0.1, 0.15) is 46.7 Å². The number of hydrogen-bond donors (Lipinski definition) is 1. The summed E-state index contributed by atoms with van der Waals surface area (Å²) in [5.41, 5.74) is -6.68. The zero-order valence-corrected chi connectivity index (χ0v) is 55.2. The lowest BCUT2D eigenvalue weighted by Gasteiger charge is -2.33. The number of nitrogens with one attached hydrogen (secondary N) is 1. The molecule has 2 amide bonds. The van der Waals surface area contributed by atoms with Crippen LogP contribution in [-0.2, 0) is 80.5 Å². The van der Waals surface area contributed by atoms with Crippen LogP contribution in [0.1, 0.15) is 145 Å². The van der Waals surface area contributed by atoms with Crippen molar-refractivity contribution in [3.63, 3.8) is 0 Å². The Kier molecular flexibility index (Phi) is 19.4. The Hall–Kier alpha value is -7.60. The van der Waals surface area contributed by atoms with Crippen LogP contribution in [-0.4, -0.2) is 97.1 Å².